The van der Waals surface area contributed by atoms with Gasteiger partial charge in [0.15, 0.2) is 0 Å². The van der Waals surface area contributed by atoms with Crippen molar-refractivity contribution in [2.75, 3.05) is 26.7 Å². The van der Waals surface area contributed by atoms with Gasteiger partial charge in [0.05, 0.1) is 6.10 Å². The van der Waals surface area contributed by atoms with Gasteiger partial charge < -0.3 is 10.1 Å². The van der Waals surface area contributed by atoms with E-state index in [9.17, 15) is 0 Å². The molecule has 0 radical (unpaired) electrons. The number of rotatable bonds is 4. The lowest BCUT2D eigenvalue weighted by Gasteiger charge is -2.41. The molecule has 1 heterocycles. The van der Waals surface area contributed by atoms with E-state index in [0.29, 0.717) is 12.1 Å². The molecule has 0 spiro atoms. The second-order valence-corrected chi connectivity index (χ2v) is 5.70. The number of piperidine rings is 1. The first-order valence-electron chi connectivity index (χ1n) is 7.26. The van der Waals surface area contributed by atoms with Crippen molar-refractivity contribution in [2.45, 2.75) is 57.7 Å². The zero-order chi connectivity index (χ0) is 12.3. The maximum absolute atomic E-state index is 5.63. The lowest BCUT2D eigenvalue weighted by molar-refractivity contribution is 0.0105. The van der Waals surface area contributed by atoms with Crippen LogP contribution < -0.4 is 5.32 Å². The molecule has 0 aromatic heterocycles. The molecule has 1 saturated carbocycles. The fourth-order valence-corrected chi connectivity index (χ4v) is 3.64. The summed E-state index contributed by atoms with van der Waals surface area (Å²) < 4.78 is 5.63. The first-order chi connectivity index (χ1) is 8.26. The van der Waals surface area contributed by atoms with E-state index in [1.807, 2.05) is 7.11 Å². The van der Waals surface area contributed by atoms with Gasteiger partial charge in [-0.2, -0.15) is 0 Å². The third kappa shape index (κ3) is 3.01. The van der Waals surface area contributed by atoms with Gasteiger partial charge in [-0.25, -0.2) is 0 Å². The second kappa shape index (κ2) is 6.17. The third-order valence-electron chi connectivity index (χ3n) is 4.59. The number of likely N-dealkylation sites (tertiary alicyclic amines) is 1. The summed E-state index contributed by atoms with van der Waals surface area (Å²) >= 11 is 0. The maximum Gasteiger partial charge on any atom is 0.0726 e. The highest BCUT2D eigenvalue weighted by Gasteiger charge is 2.36. The van der Waals surface area contributed by atoms with Gasteiger partial charge in [-0.1, -0.05) is 13.8 Å². The topological polar surface area (TPSA) is 24.5 Å². The number of methoxy groups -OCH3 is 1. The smallest absolute Gasteiger partial charge is 0.0726 e. The maximum atomic E-state index is 5.63. The highest BCUT2D eigenvalue weighted by Crippen LogP contribution is 2.29. The molecule has 0 aromatic carbocycles. The van der Waals surface area contributed by atoms with E-state index in [1.54, 1.807) is 0 Å². The fraction of sp³-hybridized carbons (Fsp3) is 1.00. The Kier molecular flexibility index (Phi) is 4.83. The van der Waals surface area contributed by atoms with Crippen molar-refractivity contribution < 1.29 is 4.74 Å². The van der Waals surface area contributed by atoms with Crippen LogP contribution in [0, 0.1) is 5.92 Å². The Morgan fingerprint density at radius 3 is 2.76 bits per heavy atom. The minimum Gasteiger partial charge on any atom is -0.380 e. The number of nitrogens with one attached hydrogen (secondary N) is 1. The Balaban J connectivity index is 1.88. The summed E-state index contributed by atoms with van der Waals surface area (Å²) in [7, 11) is 1.87. The van der Waals surface area contributed by atoms with Crippen LogP contribution in [0.4, 0.5) is 0 Å². The van der Waals surface area contributed by atoms with Crippen molar-refractivity contribution in [1.29, 1.82) is 0 Å². The van der Waals surface area contributed by atoms with Gasteiger partial charge in [0.25, 0.3) is 0 Å². The molecule has 2 fully saturated rings. The van der Waals surface area contributed by atoms with E-state index in [2.05, 4.69) is 24.1 Å². The molecule has 4 unspecified atom stereocenters. The quantitative estimate of drug-likeness (QED) is 0.812. The van der Waals surface area contributed by atoms with E-state index in [-0.39, 0.29) is 0 Å². The molecule has 0 aromatic rings. The Morgan fingerprint density at radius 1 is 1.29 bits per heavy atom. The van der Waals surface area contributed by atoms with Gasteiger partial charge in [0, 0.05) is 32.3 Å². The van der Waals surface area contributed by atoms with Crippen molar-refractivity contribution in [3.8, 4) is 0 Å². The van der Waals surface area contributed by atoms with Gasteiger partial charge in [0.1, 0.15) is 0 Å². The summed E-state index contributed by atoms with van der Waals surface area (Å²) in [5.74, 6) is 0.766. The standard InChI is InChI=1S/C14H28N2O/c1-4-15-12-8-9-16(10-11(12)2)13-6-5-7-14(13)17-3/h11-15H,4-10H2,1-3H3. The summed E-state index contributed by atoms with van der Waals surface area (Å²) in [6.07, 6.45) is 5.70. The minimum atomic E-state index is 0.484. The number of hydrogen-bond donors (Lipinski definition) is 1. The van der Waals surface area contributed by atoms with Crippen molar-refractivity contribution >= 4 is 0 Å². The molecule has 0 bridgehead atoms. The summed E-state index contributed by atoms with van der Waals surface area (Å²) in [6, 6.07) is 1.41. The molecule has 0 amide bonds. The molecule has 4 atom stereocenters. The lowest BCUT2D eigenvalue weighted by atomic mass is 9.92. The van der Waals surface area contributed by atoms with Crippen molar-refractivity contribution in [1.82, 2.24) is 10.2 Å². The molecule has 1 saturated heterocycles. The van der Waals surface area contributed by atoms with Crippen molar-refractivity contribution in [2.24, 2.45) is 5.92 Å². The molecular formula is C14H28N2O. The van der Waals surface area contributed by atoms with E-state index in [1.165, 1.54) is 38.8 Å². The van der Waals surface area contributed by atoms with Gasteiger partial charge in [-0.15, -0.1) is 0 Å². The van der Waals surface area contributed by atoms with Crippen LogP contribution >= 0.6 is 0 Å². The van der Waals surface area contributed by atoms with Crippen molar-refractivity contribution in [3.63, 3.8) is 0 Å². The normalized spacial score (nSPS) is 39.7. The average Bonchev–Trinajstić information content (AvgIpc) is 2.80. The zero-order valence-electron chi connectivity index (χ0n) is 11.6. The summed E-state index contributed by atoms with van der Waals surface area (Å²) in [6.45, 7) is 8.17. The summed E-state index contributed by atoms with van der Waals surface area (Å²) in [5.41, 5.74) is 0. The molecule has 1 aliphatic heterocycles. The number of hydrogen-bond acceptors (Lipinski definition) is 3. The minimum absolute atomic E-state index is 0.484. The largest absolute Gasteiger partial charge is 0.380 e. The number of ether oxygens (including phenoxy) is 1. The van der Waals surface area contributed by atoms with Crippen LogP contribution in [0.1, 0.15) is 39.5 Å². The molecule has 1 N–H and O–H groups in total. The summed E-state index contributed by atoms with van der Waals surface area (Å²) in [4.78, 5) is 2.68. The van der Waals surface area contributed by atoms with Crippen LogP contribution in [0.25, 0.3) is 0 Å². The first kappa shape index (κ1) is 13.3. The molecule has 2 aliphatic rings. The monoisotopic (exact) mass is 240 g/mol. The Labute approximate surface area is 106 Å². The van der Waals surface area contributed by atoms with Crippen LogP contribution in [-0.2, 0) is 4.74 Å². The molecule has 3 nitrogen and oxygen atoms in total. The number of nitrogens with zero attached hydrogens (tertiary/aromatic N) is 1. The Morgan fingerprint density at radius 2 is 2.12 bits per heavy atom. The van der Waals surface area contributed by atoms with Crippen LogP contribution in [0.15, 0.2) is 0 Å². The highest BCUT2D eigenvalue weighted by molar-refractivity contribution is 4.91. The zero-order valence-corrected chi connectivity index (χ0v) is 11.6. The van der Waals surface area contributed by atoms with Crippen LogP contribution in [0.5, 0.6) is 0 Å². The van der Waals surface area contributed by atoms with Gasteiger partial charge in [-0.05, 0) is 38.1 Å². The van der Waals surface area contributed by atoms with Crippen LogP contribution in [0.2, 0.25) is 0 Å². The van der Waals surface area contributed by atoms with E-state index < -0.39 is 0 Å². The van der Waals surface area contributed by atoms with E-state index >= 15 is 0 Å². The Hall–Kier alpha value is -0.120. The first-order valence-corrected chi connectivity index (χ1v) is 7.26. The molecule has 100 valence electrons. The van der Waals surface area contributed by atoms with Gasteiger partial charge in [-0.3, -0.25) is 4.90 Å². The van der Waals surface area contributed by atoms with Crippen LogP contribution in [0.3, 0.4) is 0 Å². The highest BCUT2D eigenvalue weighted by atomic mass is 16.5. The van der Waals surface area contributed by atoms with E-state index in [0.717, 1.165) is 18.5 Å². The molecular weight excluding hydrogens is 212 g/mol. The predicted molar refractivity (Wildman–Crippen MR) is 71.3 cm³/mol. The Bertz CT molecular complexity index is 234. The predicted octanol–water partition coefficient (Wildman–Crippen LogP) is 1.87. The van der Waals surface area contributed by atoms with Gasteiger partial charge >= 0.3 is 0 Å². The molecule has 3 heteroatoms. The van der Waals surface area contributed by atoms with Crippen molar-refractivity contribution in [3.05, 3.63) is 0 Å². The van der Waals surface area contributed by atoms with Gasteiger partial charge in [0.2, 0.25) is 0 Å². The second-order valence-electron chi connectivity index (χ2n) is 5.70. The SMILES string of the molecule is CCNC1CCN(C2CCCC2OC)CC1C. The third-order valence-corrected chi connectivity index (χ3v) is 4.59. The fourth-order valence-electron chi connectivity index (χ4n) is 3.64. The molecule has 2 rings (SSSR count). The lowest BCUT2D eigenvalue weighted by Crippen LogP contribution is -2.53. The molecule has 1 aliphatic carbocycles. The summed E-state index contributed by atoms with van der Waals surface area (Å²) in [5, 5.41) is 3.61. The molecule has 17 heavy (non-hydrogen) atoms. The van der Waals surface area contributed by atoms with Crippen LogP contribution in [-0.4, -0.2) is 49.8 Å². The average molecular weight is 240 g/mol. The van der Waals surface area contributed by atoms with E-state index in [4.69, 9.17) is 4.74 Å².